The lowest BCUT2D eigenvalue weighted by Crippen LogP contribution is -2.55. The van der Waals surface area contributed by atoms with Gasteiger partial charge in [0, 0.05) is 13.0 Å². The number of aliphatic carboxylic acids is 1. The number of ether oxygens (including phenoxy) is 3. The molecule has 0 aliphatic heterocycles. The van der Waals surface area contributed by atoms with Gasteiger partial charge in [-0.15, -0.1) is 0 Å². The quantitative estimate of drug-likeness (QED) is 0.430. The van der Waals surface area contributed by atoms with Crippen molar-refractivity contribution in [2.45, 2.75) is 39.2 Å². The molecular formula is C16H24O7. The molecule has 2 atom stereocenters. The van der Waals surface area contributed by atoms with E-state index in [0.29, 0.717) is 12.0 Å². The van der Waals surface area contributed by atoms with E-state index in [1.165, 1.54) is 7.11 Å². The topological polar surface area (TPSA) is 99.1 Å². The van der Waals surface area contributed by atoms with Crippen LogP contribution in [0.25, 0.3) is 0 Å². The lowest BCUT2D eigenvalue weighted by Gasteiger charge is -2.43. The minimum atomic E-state index is -1.74. The summed E-state index contributed by atoms with van der Waals surface area (Å²) in [4.78, 5) is 36.5. The Bertz CT molecular complexity index is 465. The number of hydrogen-bond donors (Lipinski definition) is 1. The van der Waals surface area contributed by atoms with Crippen LogP contribution < -0.4 is 0 Å². The fraction of sp³-hybridized carbons (Fsp3) is 0.688. The predicted molar refractivity (Wildman–Crippen MR) is 80.6 cm³/mol. The molecule has 0 unspecified atom stereocenters. The van der Waals surface area contributed by atoms with Gasteiger partial charge in [-0.1, -0.05) is 12.2 Å². The number of carbonyl (C=O) groups excluding carboxylic acids is 2. The second-order valence-electron chi connectivity index (χ2n) is 5.52. The number of methoxy groups -OCH3 is 1. The normalized spacial score (nSPS) is 23.2. The van der Waals surface area contributed by atoms with Gasteiger partial charge in [0.15, 0.2) is 5.41 Å². The van der Waals surface area contributed by atoms with Gasteiger partial charge in [0.25, 0.3) is 0 Å². The molecule has 0 aromatic heterocycles. The highest BCUT2D eigenvalue weighted by Gasteiger charge is 2.60. The minimum Gasteiger partial charge on any atom is -0.481 e. The molecule has 1 saturated carbocycles. The molecule has 1 aliphatic rings. The molecule has 7 nitrogen and oxygen atoms in total. The Labute approximate surface area is 135 Å². The highest BCUT2D eigenvalue weighted by atomic mass is 16.6. The van der Waals surface area contributed by atoms with Crippen LogP contribution in [-0.4, -0.2) is 49.4 Å². The van der Waals surface area contributed by atoms with Gasteiger partial charge in [-0.2, -0.15) is 0 Å². The Morgan fingerprint density at radius 2 is 1.74 bits per heavy atom. The van der Waals surface area contributed by atoms with Crippen LogP contribution >= 0.6 is 0 Å². The van der Waals surface area contributed by atoms with Crippen LogP contribution in [0, 0.1) is 11.3 Å². The van der Waals surface area contributed by atoms with Crippen molar-refractivity contribution in [1.29, 1.82) is 0 Å². The number of carbonyl (C=O) groups is 3. The summed E-state index contributed by atoms with van der Waals surface area (Å²) in [6, 6.07) is 0. The summed E-state index contributed by atoms with van der Waals surface area (Å²) >= 11 is 0. The van der Waals surface area contributed by atoms with Crippen LogP contribution in [0.2, 0.25) is 0 Å². The zero-order valence-electron chi connectivity index (χ0n) is 13.8. The van der Waals surface area contributed by atoms with Crippen molar-refractivity contribution in [1.82, 2.24) is 0 Å². The average Bonchev–Trinajstić information content (AvgIpc) is 2.48. The van der Waals surface area contributed by atoms with Crippen molar-refractivity contribution in [3.8, 4) is 0 Å². The average molecular weight is 328 g/mol. The molecule has 0 radical (unpaired) electrons. The van der Waals surface area contributed by atoms with E-state index in [0.717, 1.165) is 0 Å². The predicted octanol–water partition coefficient (Wildman–Crippen LogP) is 1.55. The first-order valence-corrected chi connectivity index (χ1v) is 7.59. The Balaban J connectivity index is 3.42. The molecule has 0 bridgehead atoms. The van der Waals surface area contributed by atoms with Gasteiger partial charge in [-0.25, -0.2) is 0 Å². The Kier molecular flexibility index (Phi) is 6.75. The molecule has 1 N–H and O–H groups in total. The summed E-state index contributed by atoms with van der Waals surface area (Å²) in [5.41, 5.74) is -1.11. The van der Waals surface area contributed by atoms with Crippen LogP contribution in [0.1, 0.15) is 33.1 Å². The maximum atomic E-state index is 12.6. The first kappa shape index (κ1) is 19.2. The summed E-state index contributed by atoms with van der Waals surface area (Å²) in [5, 5.41) is 9.22. The number of esters is 2. The summed E-state index contributed by atoms with van der Waals surface area (Å²) < 4.78 is 15.5. The number of rotatable bonds is 7. The van der Waals surface area contributed by atoms with E-state index < -0.39 is 41.8 Å². The molecule has 0 saturated heterocycles. The van der Waals surface area contributed by atoms with Gasteiger partial charge in [-0.05, 0) is 26.7 Å². The number of carboxylic acids is 1. The molecule has 130 valence electrons. The molecule has 23 heavy (non-hydrogen) atoms. The molecule has 0 aromatic rings. The highest BCUT2D eigenvalue weighted by molar-refractivity contribution is 6.01. The number of hydrogen-bond acceptors (Lipinski definition) is 6. The molecule has 0 aromatic carbocycles. The van der Waals surface area contributed by atoms with Crippen molar-refractivity contribution >= 4 is 17.9 Å². The van der Waals surface area contributed by atoms with E-state index in [4.69, 9.17) is 14.2 Å². The summed E-state index contributed by atoms with van der Waals surface area (Å²) in [7, 11) is 1.42. The van der Waals surface area contributed by atoms with Crippen molar-refractivity contribution in [2.24, 2.45) is 11.3 Å². The SMILES string of the molecule is C=C1C[C@@H](OC)[C@@H](CC(=O)O)C(C(=O)OCC)(C(=O)OCC)C1. The summed E-state index contributed by atoms with van der Waals surface area (Å²) in [6.45, 7) is 7.25. The minimum absolute atomic E-state index is 0.00245. The zero-order valence-corrected chi connectivity index (χ0v) is 13.8. The third-order valence-corrected chi connectivity index (χ3v) is 4.08. The Hall–Kier alpha value is -1.89. The van der Waals surface area contributed by atoms with E-state index in [9.17, 15) is 19.5 Å². The van der Waals surface area contributed by atoms with Crippen LogP contribution in [0.5, 0.6) is 0 Å². The van der Waals surface area contributed by atoms with Crippen LogP contribution in [0.4, 0.5) is 0 Å². The highest BCUT2D eigenvalue weighted by Crippen LogP contribution is 2.48. The van der Waals surface area contributed by atoms with Crippen molar-refractivity contribution in [2.75, 3.05) is 20.3 Å². The van der Waals surface area contributed by atoms with Gasteiger partial charge in [0.2, 0.25) is 0 Å². The molecule has 0 amide bonds. The Morgan fingerprint density at radius 1 is 1.22 bits per heavy atom. The van der Waals surface area contributed by atoms with E-state index in [2.05, 4.69) is 6.58 Å². The van der Waals surface area contributed by atoms with Gasteiger partial charge in [0.1, 0.15) is 0 Å². The zero-order chi connectivity index (χ0) is 17.6. The van der Waals surface area contributed by atoms with E-state index in [-0.39, 0.29) is 19.6 Å². The largest absolute Gasteiger partial charge is 0.481 e. The summed E-state index contributed by atoms with van der Waals surface area (Å²) in [6.07, 6.45) is -0.637. The first-order valence-electron chi connectivity index (χ1n) is 7.59. The van der Waals surface area contributed by atoms with E-state index in [1.807, 2.05) is 0 Å². The standard InChI is InChI=1S/C16H24O7/c1-5-22-14(19)16(15(20)23-6-2)9-10(3)7-12(21-4)11(16)8-13(17)18/h11-12H,3,5-9H2,1-2,4H3,(H,17,18)/t11-,12-/m1/s1. The molecule has 1 rings (SSSR count). The maximum absolute atomic E-state index is 12.6. The van der Waals surface area contributed by atoms with Crippen LogP contribution in [0.15, 0.2) is 12.2 Å². The summed E-state index contributed by atoms with van der Waals surface area (Å²) in [5.74, 6) is -3.57. The second kappa shape index (κ2) is 8.10. The van der Waals surface area contributed by atoms with Crippen molar-refractivity contribution in [3.63, 3.8) is 0 Å². The monoisotopic (exact) mass is 328 g/mol. The van der Waals surface area contributed by atoms with Crippen LogP contribution in [0.3, 0.4) is 0 Å². The smallest absolute Gasteiger partial charge is 0.324 e. The second-order valence-corrected chi connectivity index (χ2v) is 5.52. The van der Waals surface area contributed by atoms with Gasteiger partial charge in [0.05, 0.1) is 25.7 Å². The third-order valence-electron chi connectivity index (χ3n) is 4.08. The lowest BCUT2D eigenvalue weighted by atomic mass is 9.62. The third kappa shape index (κ3) is 3.90. The fourth-order valence-corrected chi connectivity index (χ4v) is 3.13. The molecule has 7 heteroatoms. The fourth-order valence-electron chi connectivity index (χ4n) is 3.13. The van der Waals surface area contributed by atoms with E-state index in [1.54, 1.807) is 13.8 Å². The van der Waals surface area contributed by atoms with Gasteiger partial charge in [-0.3, -0.25) is 14.4 Å². The van der Waals surface area contributed by atoms with Crippen molar-refractivity contribution < 1.29 is 33.7 Å². The molecule has 0 spiro atoms. The Morgan fingerprint density at radius 3 is 2.13 bits per heavy atom. The lowest BCUT2D eigenvalue weighted by molar-refractivity contribution is -0.185. The molecule has 1 aliphatic carbocycles. The van der Waals surface area contributed by atoms with Crippen molar-refractivity contribution in [3.05, 3.63) is 12.2 Å². The maximum Gasteiger partial charge on any atom is 0.324 e. The first-order chi connectivity index (χ1) is 10.8. The van der Waals surface area contributed by atoms with Crippen LogP contribution in [-0.2, 0) is 28.6 Å². The molecule has 0 heterocycles. The van der Waals surface area contributed by atoms with Gasteiger partial charge < -0.3 is 19.3 Å². The molecule has 1 fully saturated rings. The number of carboxylic acid groups (broad SMARTS) is 1. The van der Waals surface area contributed by atoms with Gasteiger partial charge >= 0.3 is 17.9 Å². The molecular weight excluding hydrogens is 304 g/mol. The van der Waals surface area contributed by atoms with E-state index >= 15 is 0 Å².